The minimum absolute atomic E-state index is 0.124. The number of hydrogen-bond donors (Lipinski definition) is 0. The summed E-state index contributed by atoms with van der Waals surface area (Å²) in [5.74, 6) is -1.05. The molecule has 0 radical (unpaired) electrons. The molecule has 0 unspecified atom stereocenters. The highest BCUT2D eigenvalue weighted by Crippen LogP contribution is 2.44. The van der Waals surface area contributed by atoms with Crippen LogP contribution in [-0.2, 0) is 18.9 Å². The molecule has 0 aliphatic carbocycles. The van der Waals surface area contributed by atoms with Crippen molar-refractivity contribution in [1.82, 2.24) is 0 Å². The Bertz CT molecular complexity index is 821. The highest BCUT2D eigenvalue weighted by Gasteiger charge is 2.55. The molecule has 6 heteroatoms. The molecule has 5 nitrogen and oxygen atoms in total. The topological polar surface area (TPSA) is 54.0 Å². The van der Waals surface area contributed by atoms with E-state index in [9.17, 15) is 4.79 Å². The number of carbonyl (C=O) groups is 1. The molecule has 2 saturated heterocycles. The van der Waals surface area contributed by atoms with E-state index in [1.54, 1.807) is 23.9 Å². The molecular weight excluding hydrogens is 376 g/mol. The van der Waals surface area contributed by atoms with Crippen molar-refractivity contribution in [2.45, 2.75) is 55.2 Å². The first-order chi connectivity index (χ1) is 13.4. The number of fused-ring (bicyclic) bond motifs is 1. The Labute approximate surface area is 169 Å². The van der Waals surface area contributed by atoms with Crippen LogP contribution in [-0.4, -0.2) is 42.1 Å². The zero-order valence-corrected chi connectivity index (χ0v) is 17.0. The number of rotatable bonds is 5. The molecule has 4 atom stereocenters. The average Bonchev–Trinajstić information content (AvgIpc) is 3.16. The first-order valence-electron chi connectivity index (χ1n) is 9.38. The number of hydrogen-bond acceptors (Lipinski definition) is 6. The lowest BCUT2D eigenvalue weighted by atomic mass is 10.1. The molecule has 4 rings (SSSR count). The lowest BCUT2D eigenvalue weighted by molar-refractivity contribution is -0.181. The van der Waals surface area contributed by atoms with Gasteiger partial charge in [0.25, 0.3) is 0 Å². The molecule has 2 heterocycles. The highest BCUT2D eigenvalue weighted by molar-refractivity contribution is 7.99. The van der Waals surface area contributed by atoms with Crippen molar-refractivity contribution in [3.8, 4) is 0 Å². The third-order valence-corrected chi connectivity index (χ3v) is 5.92. The summed E-state index contributed by atoms with van der Waals surface area (Å²) in [4.78, 5) is 13.4. The van der Waals surface area contributed by atoms with Crippen LogP contribution in [0.3, 0.4) is 0 Å². The van der Waals surface area contributed by atoms with Gasteiger partial charge in [0.1, 0.15) is 30.4 Å². The van der Waals surface area contributed by atoms with Crippen LogP contribution in [0.5, 0.6) is 0 Å². The standard InChI is InChI=1S/C22H24O5S/c1-14-9-11-16(12-10-14)28-21-19-18(26-22(2,3)27-19)17(25-21)13-24-20(23)15-7-5-4-6-8-15/h4-12,17-19,21H,13H2,1-3H3/t17-,18-,19-,21+/m1/s1. The van der Waals surface area contributed by atoms with Crippen LogP contribution in [0.4, 0.5) is 0 Å². The summed E-state index contributed by atoms with van der Waals surface area (Å²) in [6.07, 6.45) is -0.870. The molecule has 2 aromatic carbocycles. The van der Waals surface area contributed by atoms with Crippen LogP contribution in [0.1, 0.15) is 29.8 Å². The minimum atomic E-state index is -0.688. The third-order valence-electron chi connectivity index (χ3n) is 4.77. The van der Waals surface area contributed by atoms with Gasteiger partial charge in [-0.3, -0.25) is 0 Å². The second-order valence-electron chi connectivity index (χ2n) is 7.50. The highest BCUT2D eigenvalue weighted by atomic mass is 32.2. The number of aryl methyl sites for hydroxylation is 1. The van der Waals surface area contributed by atoms with Crippen molar-refractivity contribution in [2.75, 3.05) is 6.61 Å². The maximum Gasteiger partial charge on any atom is 0.338 e. The van der Waals surface area contributed by atoms with Crippen molar-refractivity contribution < 1.29 is 23.7 Å². The Morgan fingerprint density at radius 2 is 1.71 bits per heavy atom. The largest absolute Gasteiger partial charge is 0.459 e. The van der Waals surface area contributed by atoms with E-state index >= 15 is 0 Å². The van der Waals surface area contributed by atoms with Crippen LogP contribution >= 0.6 is 11.8 Å². The van der Waals surface area contributed by atoms with E-state index in [-0.39, 0.29) is 36.3 Å². The van der Waals surface area contributed by atoms with Crippen LogP contribution in [0.15, 0.2) is 59.5 Å². The predicted octanol–water partition coefficient (Wildman–Crippen LogP) is 4.19. The average molecular weight is 400 g/mol. The Morgan fingerprint density at radius 3 is 2.43 bits per heavy atom. The van der Waals surface area contributed by atoms with E-state index in [2.05, 4.69) is 31.2 Å². The Hall–Kier alpha value is -1.86. The van der Waals surface area contributed by atoms with Crippen LogP contribution in [0, 0.1) is 6.92 Å². The summed E-state index contributed by atoms with van der Waals surface area (Å²) in [5, 5.41) is 0. The predicted molar refractivity (Wildman–Crippen MR) is 106 cm³/mol. The molecule has 0 bridgehead atoms. The summed E-state index contributed by atoms with van der Waals surface area (Å²) in [6.45, 7) is 5.97. The number of ether oxygens (including phenoxy) is 4. The zero-order chi connectivity index (χ0) is 19.7. The summed E-state index contributed by atoms with van der Waals surface area (Å²) in [6, 6.07) is 17.2. The van der Waals surface area contributed by atoms with E-state index < -0.39 is 5.79 Å². The summed E-state index contributed by atoms with van der Waals surface area (Å²) < 4.78 is 23.8. The fraction of sp³-hybridized carbons (Fsp3) is 0.409. The SMILES string of the molecule is Cc1ccc(S[C@@H]2O[C@H](COC(=O)c3ccccc3)[C@H]3OC(C)(C)O[C@H]32)cc1. The lowest BCUT2D eigenvalue weighted by Gasteiger charge is -2.24. The Kier molecular flexibility index (Phi) is 5.47. The van der Waals surface area contributed by atoms with Gasteiger partial charge in [0.05, 0.1) is 5.56 Å². The molecule has 2 aliphatic rings. The smallest absolute Gasteiger partial charge is 0.338 e. The third kappa shape index (κ3) is 4.25. The first-order valence-corrected chi connectivity index (χ1v) is 10.3. The Morgan fingerprint density at radius 1 is 1.04 bits per heavy atom. The maximum atomic E-state index is 12.3. The summed E-state index contributed by atoms with van der Waals surface area (Å²) in [7, 11) is 0. The molecule has 0 N–H and O–H groups in total. The van der Waals surface area contributed by atoms with Gasteiger partial charge in [0.15, 0.2) is 5.79 Å². The van der Waals surface area contributed by atoms with E-state index in [1.807, 2.05) is 32.0 Å². The van der Waals surface area contributed by atoms with Crippen molar-refractivity contribution in [2.24, 2.45) is 0 Å². The van der Waals surface area contributed by atoms with Crippen molar-refractivity contribution in [1.29, 1.82) is 0 Å². The second kappa shape index (κ2) is 7.87. The monoisotopic (exact) mass is 400 g/mol. The van der Waals surface area contributed by atoms with Gasteiger partial charge in [0, 0.05) is 4.90 Å². The van der Waals surface area contributed by atoms with Gasteiger partial charge < -0.3 is 18.9 Å². The number of benzene rings is 2. The fourth-order valence-electron chi connectivity index (χ4n) is 3.44. The summed E-state index contributed by atoms with van der Waals surface area (Å²) >= 11 is 1.60. The fourth-order valence-corrected chi connectivity index (χ4v) is 4.54. The van der Waals surface area contributed by atoms with Gasteiger partial charge in [-0.15, -0.1) is 0 Å². The lowest BCUT2D eigenvalue weighted by Crippen LogP contribution is -2.33. The number of thioether (sulfide) groups is 1. The number of carbonyl (C=O) groups excluding carboxylic acids is 1. The quantitative estimate of drug-likeness (QED) is 0.702. The maximum absolute atomic E-state index is 12.3. The molecule has 2 aliphatic heterocycles. The van der Waals surface area contributed by atoms with Crippen LogP contribution in [0.25, 0.3) is 0 Å². The van der Waals surface area contributed by atoms with Gasteiger partial charge in [-0.1, -0.05) is 47.7 Å². The van der Waals surface area contributed by atoms with Crippen LogP contribution < -0.4 is 0 Å². The van der Waals surface area contributed by atoms with Gasteiger partial charge in [0.2, 0.25) is 0 Å². The van der Waals surface area contributed by atoms with Crippen molar-refractivity contribution in [3.63, 3.8) is 0 Å². The molecule has 0 saturated carbocycles. The second-order valence-corrected chi connectivity index (χ2v) is 8.67. The molecule has 0 amide bonds. The molecule has 2 aromatic rings. The first kappa shape index (κ1) is 19.5. The van der Waals surface area contributed by atoms with Gasteiger partial charge >= 0.3 is 5.97 Å². The van der Waals surface area contributed by atoms with E-state index in [1.165, 1.54) is 5.56 Å². The van der Waals surface area contributed by atoms with E-state index in [0.717, 1.165) is 4.90 Å². The number of esters is 1. The Balaban J connectivity index is 1.44. The zero-order valence-electron chi connectivity index (χ0n) is 16.2. The molecule has 148 valence electrons. The van der Waals surface area contributed by atoms with Crippen molar-refractivity contribution in [3.05, 3.63) is 65.7 Å². The van der Waals surface area contributed by atoms with Gasteiger partial charge in [-0.05, 0) is 45.0 Å². The van der Waals surface area contributed by atoms with Gasteiger partial charge in [-0.2, -0.15) is 0 Å². The minimum Gasteiger partial charge on any atom is -0.459 e. The van der Waals surface area contributed by atoms with Crippen molar-refractivity contribution >= 4 is 17.7 Å². The normalized spacial score (nSPS) is 28.1. The molecule has 2 fully saturated rings. The molecular formula is C22H24O5S. The summed E-state index contributed by atoms with van der Waals surface area (Å²) in [5.41, 5.74) is 1.50. The molecule has 28 heavy (non-hydrogen) atoms. The van der Waals surface area contributed by atoms with E-state index in [0.29, 0.717) is 5.56 Å². The van der Waals surface area contributed by atoms with Crippen LogP contribution in [0.2, 0.25) is 0 Å². The molecule has 0 spiro atoms. The van der Waals surface area contributed by atoms with Gasteiger partial charge in [-0.25, -0.2) is 4.79 Å². The van der Waals surface area contributed by atoms with E-state index in [4.69, 9.17) is 18.9 Å². The molecule has 0 aromatic heterocycles.